The number of rotatable bonds is 6. The number of aromatic nitrogens is 3. The van der Waals surface area contributed by atoms with Gasteiger partial charge in [-0.05, 0) is 25.8 Å². The monoisotopic (exact) mass is 256 g/mol. The minimum Gasteiger partial charge on any atom is -0.314 e. The lowest BCUT2D eigenvalue weighted by Gasteiger charge is -2.14. The molecule has 0 spiro atoms. The van der Waals surface area contributed by atoms with Crippen molar-refractivity contribution in [1.82, 2.24) is 20.1 Å². The van der Waals surface area contributed by atoms with Crippen molar-refractivity contribution >= 4 is 10.8 Å². The van der Waals surface area contributed by atoms with E-state index >= 15 is 0 Å². The highest BCUT2D eigenvalue weighted by Crippen LogP contribution is 2.13. The molecular formula is C11H20N4OS. The average molecular weight is 256 g/mol. The molecule has 1 atom stereocenters. The lowest BCUT2D eigenvalue weighted by atomic mass is 10.2. The van der Waals surface area contributed by atoms with Crippen LogP contribution in [0.1, 0.15) is 30.9 Å². The van der Waals surface area contributed by atoms with Crippen molar-refractivity contribution in [2.75, 3.05) is 18.6 Å². The highest BCUT2D eigenvalue weighted by atomic mass is 32.2. The Kier molecular flexibility index (Phi) is 4.67. The largest absolute Gasteiger partial charge is 0.314 e. The van der Waals surface area contributed by atoms with Crippen molar-refractivity contribution in [3.8, 4) is 0 Å². The van der Waals surface area contributed by atoms with Gasteiger partial charge in [0.05, 0.1) is 6.54 Å². The number of nitrogens with zero attached hydrogens (tertiary/aromatic N) is 3. The quantitative estimate of drug-likeness (QED) is 0.752. The maximum absolute atomic E-state index is 10.9. The summed E-state index contributed by atoms with van der Waals surface area (Å²) in [6.45, 7) is 2.71. The Bertz CT molecular complexity index is 391. The SMILES string of the molecule is CS(=O)CCCNCc1nnc2n1CCCC2. The summed E-state index contributed by atoms with van der Waals surface area (Å²) in [5.74, 6) is 2.94. The van der Waals surface area contributed by atoms with Gasteiger partial charge in [-0.25, -0.2) is 0 Å². The highest BCUT2D eigenvalue weighted by Gasteiger charge is 2.14. The first-order valence-corrected chi connectivity index (χ1v) is 7.92. The summed E-state index contributed by atoms with van der Waals surface area (Å²) in [7, 11) is -0.681. The molecule has 2 heterocycles. The van der Waals surface area contributed by atoms with E-state index in [1.54, 1.807) is 6.26 Å². The van der Waals surface area contributed by atoms with Crippen molar-refractivity contribution in [2.24, 2.45) is 0 Å². The molecule has 5 nitrogen and oxygen atoms in total. The maximum atomic E-state index is 10.9. The number of hydrogen-bond donors (Lipinski definition) is 1. The third-order valence-electron chi connectivity index (χ3n) is 3.00. The summed E-state index contributed by atoms with van der Waals surface area (Å²) >= 11 is 0. The summed E-state index contributed by atoms with van der Waals surface area (Å²) in [6.07, 6.45) is 6.21. The molecule has 1 aromatic heterocycles. The van der Waals surface area contributed by atoms with E-state index in [0.717, 1.165) is 49.9 Å². The first-order valence-electron chi connectivity index (χ1n) is 6.19. The minimum atomic E-state index is -0.681. The van der Waals surface area contributed by atoms with Crippen LogP contribution < -0.4 is 5.32 Å². The summed E-state index contributed by atoms with van der Waals surface area (Å²) < 4.78 is 13.1. The minimum absolute atomic E-state index is 0.681. The third kappa shape index (κ3) is 3.61. The van der Waals surface area contributed by atoms with Crippen LogP contribution in [0.2, 0.25) is 0 Å². The van der Waals surface area contributed by atoms with Crippen LogP contribution in [0.15, 0.2) is 0 Å². The second-order valence-corrected chi connectivity index (χ2v) is 6.00. The molecule has 17 heavy (non-hydrogen) atoms. The molecule has 1 aliphatic rings. The van der Waals surface area contributed by atoms with E-state index in [9.17, 15) is 4.21 Å². The van der Waals surface area contributed by atoms with Gasteiger partial charge in [-0.1, -0.05) is 0 Å². The van der Waals surface area contributed by atoms with Gasteiger partial charge in [0.25, 0.3) is 0 Å². The average Bonchev–Trinajstić information content (AvgIpc) is 2.72. The second-order valence-electron chi connectivity index (χ2n) is 4.45. The molecule has 0 saturated carbocycles. The first-order chi connectivity index (χ1) is 8.27. The lowest BCUT2D eigenvalue weighted by Crippen LogP contribution is -2.21. The van der Waals surface area contributed by atoms with Crippen LogP contribution in [0.25, 0.3) is 0 Å². The molecule has 0 radical (unpaired) electrons. The number of nitrogens with one attached hydrogen (secondary N) is 1. The Balaban J connectivity index is 1.75. The van der Waals surface area contributed by atoms with E-state index in [-0.39, 0.29) is 0 Å². The Morgan fingerprint density at radius 1 is 1.41 bits per heavy atom. The van der Waals surface area contributed by atoms with Crippen LogP contribution in [0.5, 0.6) is 0 Å². The van der Waals surface area contributed by atoms with E-state index in [2.05, 4.69) is 20.1 Å². The molecule has 1 aromatic rings. The molecular weight excluding hydrogens is 236 g/mol. The van der Waals surface area contributed by atoms with Gasteiger partial charge in [0.15, 0.2) is 0 Å². The smallest absolute Gasteiger partial charge is 0.147 e. The van der Waals surface area contributed by atoms with Crippen LogP contribution >= 0.6 is 0 Å². The van der Waals surface area contributed by atoms with Crippen molar-refractivity contribution in [1.29, 1.82) is 0 Å². The zero-order chi connectivity index (χ0) is 12.1. The topological polar surface area (TPSA) is 59.8 Å². The van der Waals surface area contributed by atoms with E-state index in [4.69, 9.17) is 0 Å². The third-order valence-corrected chi connectivity index (χ3v) is 3.87. The van der Waals surface area contributed by atoms with E-state index in [1.165, 1.54) is 12.8 Å². The molecule has 0 saturated heterocycles. The van der Waals surface area contributed by atoms with Gasteiger partial charge in [-0.2, -0.15) is 0 Å². The molecule has 0 aromatic carbocycles. The number of fused-ring (bicyclic) bond motifs is 1. The van der Waals surface area contributed by atoms with E-state index < -0.39 is 10.8 Å². The molecule has 2 rings (SSSR count). The van der Waals surface area contributed by atoms with Crippen LogP contribution in [0, 0.1) is 0 Å². The summed E-state index contributed by atoms with van der Waals surface area (Å²) in [5, 5.41) is 11.8. The predicted molar refractivity (Wildman–Crippen MR) is 68.2 cm³/mol. The molecule has 0 amide bonds. The van der Waals surface area contributed by atoms with Crippen LogP contribution in [0.3, 0.4) is 0 Å². The molecule has 6 heteroatoms. The molecule has 1 N–H and O–H groups in total. The van der Waals surface area contributed by atoms with Crippen molar-refractivity contribution in [2.45, 2.75) is 38.8 Å². The first kappa shape index (κ1) is 12.7. The molecule has 0 bridgehead atoms. The zero-order valence-corrected chi connectivity index (χ0v) is 11.1. The van der Waals surface area contributed by atoms with Gasteiger partial charge in [0.2, 0.25) is 0 Å². The number of hydrogen-bond acceptors (Lipinski definition) is 4. The highest BCUT2D eigenvalue weighted by molar-refractivity contribution is 7.84. The van der Waals surface area contributed by atoms with Gasteiger partial charge in [-0.3, -0.25) is 4.21 Å². The predicted octanol–water partition coefficient (Wildman–Crippen LogP) is 0.473. The zero-order valence-electron chi connectivity index (χ0n) is 10.3. The molecule has 96 valence electrons. The van der Waals surface area contributed by atoms with Crippen LogP contribution in [-0.4, -0.2) is 37.5 Å². The van der Waals surface area contributed by atoms with Crippen LogP contribution in [0.4, 0.5) is 0 Å². The van der Waals surface area contributed by atoms with Gasteiger partial charge >= 0.3 is 0 Å². The fourth-order valence-corrected chi connectivity index (χ4v) is 2.65. The molecule has 1 aliphatic heterocycles. The van der Waals surface area contributed by atoms with Gasteiger partial charge in [0.1, 0.15) is 11.6 Å². The Morgan fingerprint density at radius 3 is 3.12 bits per heavy atom. The van der Waals surface area contributed by atoms with Gasteiger partial charge in [0, 0.05) is 35.8 Å². The van der Waals surface area contributed by atoms with E-state index in [1.807, 2.05) is 0 Å². The molecule has 1 unspecified atom stereocenters. The van der Waals surface area contributed by atoms with Gasteiger partial charge in [-0.15, -0.1) is 10.2 Å². The Morgan fingerprint density at radius 2 is 2.29 bits per heavy atom. The van der Waals surface area contributed by atoms with Crippen molar-refractivity contribution in [3.05, 3.63) is 11.6 Å². The second kappa shape index (κ2) is 6.26. The normalized spacial score (nSPS) is 16.8. The van der Waals surface area contributed by atoms with Crippen molar-refractivity contribution < 1.29 is 4.21 Å². The summed E-state index contributed by atoms with van der Waals surface area (Å²) in [6, 6.07) is 0. The number of aryl methyl sites for hydroxylation is 1. The molecule has 0 fully saturated rings. The van der Waals surface area contributed by atoms with Gasteiger partial charge < -0.3 is 9.88 Å². The fourth-order valence-electron chi connectivity index (χ4n) is 2.10. The Labute approximate surface area is 104 Å². The van der Waals surface area contributed by atoms with Crippen LogP contribution in [-0.2, 0) is 30.3 Å². The standard InChI is InChI=1S/C11H20N4OS/c1-17(16)8-4-6-12-9-11-14-13-10-5-2-3-7-15(10)11/h12H,2-9H2,1H3. The fraction of sp³-hybridized carbons (Fsp3) is 0.818. The molecule has 0 aliphatic carbocycles. The maximum Gasteiger partial charge on any atom is 0.147 e. The van der Waals surface area contributed by atoms with Crippen molar-refractivity contribution in [3.63, 3.8) is 0 Å². The van der Waals surface area contributed by atoms with E-state index in [0.29, 0.717) is 0 Å². The Hall–Kier alpha value is -0.750. The summed E-state index contributed by atoms with van der Waals surface area (Å²) in [5.41, 5.74) is 0. The lowest BCUT2D eigenvalue weighted by molar-refractivity contribution is 0.497. The summed E-state index contributed by atoms with van der Waals surface area (Å²) in [4.78, 5) is 0.